The summed E-state index contributed by atoms with van der Waals surface area (Å²) in [6, 6.07) is 3.07. The molecule has 3 nitrogen and oxygen atoms in total. The van der Waals surface area contributed by atoms with E-state index in [1.807, 2.05) is 0 Å². The van der Waals surface area contributed by atoms with E-state index in [0.717, 1.165) is 25.3 Å². The van der Waals surface area contributed by atoms with E-state index in [0.29, 0.717) is 6.20 Å². The van der Waals surface area contributed by atoms with Gasteiger partial charge in [0.25, 0.3) is 0 Å². The Morgan fingerprint density at radius 3 is 2.53 bits per heavy atom. The Hall–Kier alpha value is -1.76. The Labute approximate surface area is 110 Å². The first kappa shape index (κ1) is 15.3. The summed E-state index contributed by atoms with van der Waals surface area (Å²) in [5.74, 6) is -2.18. The number of nitrogens with one attached hydrogen (secondary N) is 1. The number of benzene rings is 1. The zero-order valence-corrected chi connectivity index (χ0v) is 10.3. The Kier molecular flexibility index (Phi) is 4.77. The van der Waals surface area contributed by atoms with Crippen molar-refractivity contribution in [3.63, 3.8) is 0 Å². The molecule has 8 heteroatoms. The number of hydrogen-bond donors (Lipinski definition) is 1. The van der Waals surface area contributed by atoms with Crippen molar-refractivity contribution in [1.29, 1.82) is 0 Å². The van der Waals surface area contributed by atoms with Crippen molar-refractivity contribution in [2.45, 2.75) is 6.18 Å². The standard InChI is InChI=1S/C11H8ClF4NO2/c1-19-10(18)7(11(14,15)16)5-17-9-3-2-6(13)4-8(9)12/h2-5,17H,1H3/b7-5+. The molecule has 0 saturated heterocycles. The summed E-state index contributed by atoms with van der Waals surface area (Å²) in [5.41, 5.74) is -1.51. The Morgan fingerprint density at radius 2 is 2.05 bits per heavy atom. The summed E-state index contributed by atoms with van der Waals surface area (Å²) in [6.07, 6.45) is -4.47. The molecular formula is C11H8ClF4NO2. The molecule has 0 unspecified atom stereocenters. The fourth-order valence-electron chi connectivity index (χ4n) is 1.12. The minimum atomic E-state index is -4.88. The normalized spacial score (nSPS) is 12.2. The van der Waals surface area contributed by atoms with Crippen molar-refractivity contribution in [3.8, 4) is 0 Å². The number of alkyl halides is 3. The molecule has 1 rings (SSSR count). The largest absolute Gasteiger partial charge is 0.465 e. The molecular weight excluding hydrogens is 290 g/mol. The van der Waals surface area contributed by atoms with Crippen LogP contribution in [0.2, 0.25) is 5.02 Å². The van der Waals surface area contributed by atoms with Gasteiger partial charge in [0, 0.05) is 6.20 Å². The summed E-state index contributed by atoms with van der Waals surface area (Å²) in [6.45, 7) is 0. The van der Waals surface area contributed by atoms with E-state index in [1.54, 1.807) is 0 Å². The minimum absolute atomic E-state index is 0.0220. The van der Waals surface area contributed by atoms with E-state index in [-0.39, 0.29) is 10.7 Å². The van der Waals surface area contributed by atoms with Crippen LogP contribution in [0.4, 0.5) is 23.2 Å². The van der Waals surface area contributed by atoms with Crippen LogP contribution in [0.15, 0.2) is 30.0 Å². The number of hydrogen-bond acceptors (Lipinski definition) is 3. The van der Waals surface area contributed by atoms with Crippen LogP contribution in [-0.4, -0.2) is 19.3 Å². The van der Waals surface area contributed by atoms with Crippen LogP contribution in [0.5, 0.6) is 0 Å². The van der Waals surface area contributed by atoms with Crippen molar-refractivity contribution in [1.82, 2.24) is 0 Å². The van der Waals surface area contributed by atoms with E-state index >= 15 is 0 Å². The highest BCUT2D eigenvalue weighted by Gasteiger charge is 2.39. The fourth-order valence-corrected chi connectivity index (χ4v) is 1.34. The van der Waals surface area contributed by atoms with Crippen molar-refractivity contribution < 1.29 is 27.1 Å². The molecule has 0 aliphatic rings. The highest BCUT2D eigenvalue weighted by molar-refractivity contribution is 6.33. The highest BCUT2D eigenvalue weighted by Crippen LogP contribution is 2.28. The van der Waals surface area contributed by atoms with E-state index < -0.39 is 23.5 Å². The molecule has 19 heavy (non-hydrogen) atoms. The predicted octanol–water partition coefficient (Wildman–Crippen LogP) is 3.51. The molecule has 0 aliphatic heterocycles. The topological polar surface area (TPSA) is 38.3 Å². The molecule has 0 fully saturated rings. The van der Waals surface area contributed by atoms with Crippen LogP contribution in [0.25, 0.3) is 0 Å². The summed E-state index contributed by atoms with van der Waals surface area (Å²) >= 11 is 5.61. The molecule has 0 atom stereocenters. The van der Waals surface area contributed by atoms with Gasteiger partial charge in [0.2, 0.25) is 0 Å². The number of rotatable bonds is 3. The summed E-state index contributed by atoms with van der Waals surface area (Å²) < 4.78 is 54.3. The number of carbonyl (C=O) groups is 1. The van der Waals surface area contributed by atoms with Gasteiger partial charge >= 0.3 is 12.1 Å². The van der Waals surface area contributed by atoms with Crippen LogP contribution < -0.4 is 5.32 Å². The molecule has 0 aromatic heterocycles. The number of carbonyl (C=O) groups excluding carboxylic acids is 1. The van der Waals surface area contributed by atoms with Gasteiger partial charge < -0.3 is 10.1 Å². The van der Waals surface area contributed by atoms with E-state index in [4.69, 9.17) is 11.6 Å². The van der Waals surface area contributed by atoms with E-state index in [9.17, 15) is 22.4 Å². The maximum atomic E-state index is 12.7. The number of anilines is 1. The third kappa shape index (κ3) is 4.13. The lowest BCUT2D eigenvalue weighted by Gasteiger charge is -2.10. The summed E-state index contributed by atoms with van der Waals surface area (Å²) in [7, 11) is 0.826. The van der Waals surface area contributed by atoms with Gasteiger partial charge in [0.15, 0.2) is 5.57 Å². The van der Waals surface area contributed by atoms with Gasteiger partial charge in [-0.1, -0.05) is 11.6 Å². The SMILES string of the molecule is COC(=O)/C(=C\Nc1ccc(F)cc1Cl)C(F)(F)F. The highest BCUT2D eigenvalue weighted by atomic mass is 35.5. The molecule has 104 valence electrons. The lowest BCUT2D eigenvalue weighted by Crippen LogP contribution is -2.22. The lowest BCUT2D eigenvalue weighted by molar-refractivity contribution is -0.148. The number of methoxy groups -OCH3 is 1. The molecule has 0 bridgehead atoms. The van der Waals surface area contributed by atoms with Gasteiger partial charge in [0.05, 0.1) is 17.8 Å². The average Bonchev–Trinajstić information content (AvgIpc) is 2.29. The molecule has 0 saturated carbocycles. The van der Waals surface area contributed by atoms with Crippen LogP contribution in [-0.2, 0) is 9.53 Å². The zero-order valence-electron chi connectivity index (χ0n) is 9.52. The summed E-state index contributed by atoms with van der Waals surface area (Å²) in [4.78, 5) is 11.0. The van der Waals surface area contributed by atoms with Crippen molar-refractivity contribution in [2.24, 2.45) is 0 Å². The van der Waals surface area contributed by atoms with Gasteiger partial charge in [-0.15, -0.1) is 0 Å². The van der Waals surface area contributed by atoms with Gasteiger partial charge in [-0.3, -0.25) is 0 Å². The van der Waals surface area contributed by atoms with Crippen LogP contribution in [0.1, 0.15) is 0 Å². The molecule has 0 heterocycles. The maximum Gasteiger partial charge on any atom is 0.424 e. The van der Waals surface area contributed by atoms with Crippen LogP contribution in [0.3, 0.4) is 0 Å². The van der Waals surface area contributed by atoms with Crippen LogP contribution in [0, 0.1) is 5.82 Å². The molecule has 0 aliphatic carbocycles. The number of esters is 1. The molecule has 0 spiro atoms. The van der Waals surface area contributed by atoms with Gasteiger partial charge in [-0.2, -0.15) is 13.2 Å². The minimum Gasteiger partial charge on any atom is -0.465 e. The lowest BCUT2D eigenvalue weighted by atomic mass is 10.2. The second kappa shape index (κ2) is 5.92. The Balaban J connectivity index is 3.02. The third-order valence-electron chi connectivity index (χ3n) is 2.01. The molecule has 0 amide bonds. The quantitative estimate of drug-likeness (QED) is 0.527. The van der Waals surface area contributed by atoms with Crippen molar-refractivity contribution in [2.75, 3.05) is 12.4 Å². The van der Waals surface area contributed by atoms with E-state index in [1.165, 1.54) is 0 Å². The number of halogens is 5. The molecule has 0 radical (unpaired) electrons. The Bertz CT molecular complexity index is 514. The van der Waals surface area contributed by atoms with Crippen molar-refractivity contribution >= 4 is 23.3 Å². The summed E-state index contributed by atoms with van der Waals surface area (Å²) in [5, 5.41) is 2.06. The predicted molar refractivity (Wildman–Crippen MR) is 61.2 cm³/mol. The van der Waals surface area contributed by atoms with Gasteiger partial charge in [-0.05, 0) is 18.2 Å². The average molecular weight is 298 g/mol. The van der Waals surface area contributed by atoms with E-state index in [2.05, 4.69) is 10.1 Å². The van der Waals surface area contributed by atoms with Crippen LogP contribution >= 0.6 is 11.6 Å². The Morgan fingerprint density at radius 1 is 1.42 bits per heavy atom. The number of ether oxygens (including phenoxy) is 1. The van der Waals surface area contributed by atoms with Crippen molar-refractivity contribution in [3.05, 3.63) is 40.8 Å². The first-order chi connectivity index (χ1) is 8.75. The zero-order chi connectivity index (χ0) is 14.6. The molecule has 1 aromatic carbocycles. The fraction of sp³-hybridized carbons (Fsp3) is 0.182. The first-order valence-electron chi connectivity index (χ1n) is 4.83. The third-order valence-corrected chi connectivity index (χ3v) is 2.33. The van der Waals surface area contributed by atoms with Gasteiger partial charge in [-0.25, -0.2) is 9.18 Å². The smallest absolute Gasteiger partial charge is 0.424 e. The first-order valence-corrected chi connectivity index (χ1v) is 5.20. The molecule has 1 aromatic rings. The molecule has 1 N–H and O–H groups in total. The monoisotopic (exact) mass is 297 g/mol. The van der Waals surface area contributed by atoms with Gasteiger partial charge in [0.1, 0.15) is 5.82 Å². The second-order valence-electron chi connectivity index (χ2n) is 3.32. The second-order valence-corrected chi connectivity index (χ2v) is 3.72. The maximum absolute atomic E-state index is 12.7.